The summed E-state index contributed by atoms with van der Waals surface area (Å²) in [6, 6.07) is 7.77. The molecule has 3 N–H and O–H groups in total. The number of hydrogen-bond donors (Lipinski definition) is 3. The third-order valence-electron chi connectivity index (χ3n) is 2.90. The van der Waals surface area contributed by atoms with Crippen LogP contribution in [-0.4, -0.2) is 28.0 Å². The van der Waals surface area contributed by atoms with Crippen LogP contribution >= 0.6 is 23.2 Å². The summed E-state index contributed by atoms with van der Waals surface area (Å²) in [6.45, 7) is 0. The molecule has 0 radical (unpaired) electrons. The van der Waals surface area contributed by atoms with Crippen molar-refractivity contribution in [3.63, 3.8) is 0 Å². The minimum absolute atomic E-state index is 0.00304. The van der Waals surface area contributed by atoms with Crippen LogP contribution in [0.15, 0.2) is 36.4 Å². The van der Waals surface area contributed by atoms with Crippen LogP contribution < -0.4 is 10.8 Å². The monoisotopic (exact) mass is 354 g/mol. The van der Waals surface area contributed by atoms with Gasteiger partial charge >= 0.3 is 7.12 Å². The van der Waals surface area contributed by atoms with Gasteiger partial charge in [0.1, 0.15) is 0 Å². The van der Waals surface area contributed by atoms with E-state index in [1.165, 1.54) is 18.2 Å². The standard InChI is InChI=1S/C13H9BCl2N2O5/c15-10-2-1-3-11(16)12(10)13(19)17-8-4-7(14(20)21)5-9(6-8)18(22)23/h1-6,20-21H,(H,17,19). The molecule has 7 nitrogen and oxygen atoms in total. The zero-order valence-corrected chi connectivity index (χ0v) is 12.9. The molecule has 0 fully saturated rings. The lowest BCUT2D eigenvalue weighted by Crippen LogP contribution is -2.30. The van der Waals surface area contributed by atoms with E-state index >= 15 is 0 Å². The van der Waals surface area contributed by atoms with Gasteiger partial charge in [-0.25, -0.2) is 0 Å². The van der Waals surface area contributed by atoms with Crippen LogP contribution in [0.3, 0.4) is 0 Å². The van der Waals surface area contributed by atoms with Crippen LogP contribution in [0.1, 0.15) is 10.4 Å². The van der Waals surface area contributed by atoms with Gasteiger partial charge in [0.2, 0.25) is 0 Å². The average Bonchev–Trinajstić information content (AvgIpc) is 2.46. The Labute approximate surface area is 140 Å². The Bertz CT molecular complexity index is 765. The molecule has 1 amide bonds. The zero-order chi connectivity index (χ0) is 17.1. The van der Waals surface area contributed by atoms with Crippen molar-refractivity contribution in [2.45, 2.75) is 0 Å². The fourth-order valence-corrected chi connectivity index (χ4v) is 2.44. The lowest BCUT2D eigenvalue weighted by Gasteiger charge is -2.10. The van der Waals surface area contributed by atoms with E-state index < -0.39 is 23.6 Å². The van der Waals surface area contributed by atoms with Crippen molar-refractivity contribution in [3.05, 3.63) is 62.1 Å². The van der Waals surface area contributed by atoms with E-state index in [0.717, 1.165) is 12.1 Å². The largest absolute Gasteiger partial charge is 0.488 e. The molecular formula is C13H9BCl2N2O5. The van der Waals surface area contributed by atoms with Gasteiger partial charge in [0.15, 0.2) is 0 Å². The number of anilines is 1. The molecule has 0 saturated carbocycles. The summed E-state index contributed by atoms with van der Waals surface area (Å²) < 4.78 is 0. The van der Waals surface area contributed by atoms with Crippen molar-refractivity contribution in [3.8, 4) is 0 Å². The maximum Gasteiger partial charge on any atom is 0.488 e. The van der Waals surface area contributed by atoms with Gasteiger partial charge in [-0.3, -0.25) is 14.9 Å². The Kier molecular flexibility index (Phi) is 5.22. The van der Waals surface area contributed by atoms with Gasteiger partial charge < -0.3 is 15.4 Å². The maximum absolute atomic E-state index is 12.2. The highest BCUT2D eigenvalue weighted by atomic mass is 35.5. The van der Waals surface area contributed by atoms with Gasteiger partial charge in [0, 0.05) is 17.8 Å². The van der Waals surface area contributed by atoms with Gasteiger partial charge in [-0.05, 0) is 23.7 Å². The first-order chi connectivity index (χ1) is 10.8. The number of nitro benzene ring substituents is 1. The van der Waals surface area contributed by atoms with E-state index in [4.69, 9.17) is 23.2 Å². The molecule has 2 aromatic carbocycles. The quantitative estimate of drug-likeness (QED) is 0.440. The molecule has 10 heteroatoms. The van der Waals surface area contributed by atoms with Gasteiger partial charge in [0.05, 0.1) is 20.5 Å². The van der Waals surface area contributed by atoms with Gasteiger partial charge in [0.25, 0.3) is 11.6 Å². The van der Waals surface area contributed by atoms with Crippen LogP contribution in [0.25, 0.3) is 0 Å². The number of rotatable bonds is 4. The third-order valence-corrected chi connectivity index (χ3v) is 3.53. The number of nitrogens with one attached hydrogen (secondary N) is 1. The molecule has 0 aliphatic carbocycles. The minimum atomic E-state index is -1.92. The van der Waals surface area contributed by atoms with E-state index in [0.29, 0.717) is 0 Å². The maximum atomic E-state index is 12.2. The molecular weight excluding hydrogens is 346 g/mol. The molecule has 2 aromatic rings. The summed E-state index contributed by atoms with van der Waals surface area (Å²) in [5.74, 6) is -0.681. The predicted octanol–water partition coefficient (Wildman–Crippen LogP) is 1.83. The molecule has 0 unspecified atom stereocenters. The lowest BCUT2D eigenvalue weighted by atomic mass is 9.80. The second-order valence-corrected chi connectivity index (χ2v) is 5.31. The van der Waals surface area contributed by atoms with E-state index in [2.05, 4.69) is 5.32 Å². The highest BCUT2D eigenvalue weighted by Crippen LogP contribution is 2.25. The SMILES string of the molecule is O=C(Nc1cc(B(O)O)cc([N+](=O)[O-])c1)c1c(Cl)cccc1Cl. The molecule has 0 aromatic heterocycles. The van der Waals surface area contributed by atoms with Crippen LogP contribution in [-0.2, 0) is 0 Å². The summed E-state index contributed by atoms with van der Waals surface area (Å²) >= 11 is 11.8. The molecule has 0 atom stereocenters. The predicted molar refractivity (Wildman–Crippen MR) is 87.3 cm³/mol. The second kappa shape index (κ2) is 6.97. The Hall–Kier alpha value is -2.13. The van der Waals surface area contributed by atoms with Crippen molar-refractivity contribution in [1.29, 1.82) is 0 Å². The van der Waals surface area contributed by atoms with E-state index in [1.54, 1.807) is 6.07 Å². The fraction of sp³-hybridized carbons (Fsp3) is 0. The second-order valence-electron chi connectivity index (χ2n) is 4.49. The topological polar surface area (TPSA) is 113 Å². The number of nitro groups is 1. The summed E-state index contributed by atoms with van der Waals surface area (Å²) in [5, 5.41) is 31.8. The van der Waals surface area contributed by atoms with E-state index in [-0.39, 0.29) is 26.8 Å². The average molecular weight is 355 g/mol. The Balaban J connectivity index is 2.39. The first-order valence-corrected chi connectivity index (χ1v) is 6.96. The number of carbonyl (C=O) groups is 1. The summed E-state index contributed by atoms with van der Waals surface area (Å²) in [6.07, 6.45) is 0. The van der Waals surface area contributed by atoms with Gasteiger partial charge in [-0.15, -0.1) is 0 Å². The van der Waals surface area contributed by atoms with Crippen LogP contribution in [0, 0.1) is 10.1 Å². The Morgan fingerprint density at radius 3 is 2.30 bits per heavy atom. The summed E-state index contributed by atoms with van der Waals surface area (Å²) in [4.78, 5) is 22.4. The third kappa shape index (κ3) is 3.99. The number of nitrogens with zero attached hydrogens (tertiary/aromatic N) is 1. The molecule has 2 rings (SSSR count). The summed E-state index contributed by atoms with van der Waals surface area (Å²) in [5.41, 5.74) is -0.535. The smallest absolute Gasteiger partial charge is 0.423 e. The van der Waals surface area contributed by atoms with Gasteiger partial charge in [-0.1, -0.05) is 29.3 Å². The first-order valence-electron chi connectivity index (χ1n) is 6.20. The molecule has 0 saturated heterocycles. The minimum Gasteiger partial charge on any atom is -0.423 e. The molecule has 0 aliphatic heterocycles. The number of hydrogen-bond acceptors (Lipinski definition) is 5. The normalized spacial score (nSPS) is 10.3. The first kappa shape index (κ1) is 17.2. The molecule has 0 spiro atoms. The number of non-ortho nitro benzene ring substituents is 1. The van der Waals surface area contributed by atoms with Crippen LogP contribution in [0.4, 0.5) is 11.4 Å². The Morgan fingerprint density at radius 2 is 1.78 bits per heavy atom. The molecule has 118 valence electrons. The van der Waals surface area contributed by atoms with E-state index in [1.807, 2.05) is 0 Å². The molecule has 0 heterocycles. The zero-order valence-electron chi connectivity index (χ0n) is 11.4. The van der Waals surface area contributed by atoms with Crippen LogP contribution in [0.5, 0.6) is 0 Å². The number of carbonyl (C=O) groups excluding carboxylic acids is 1. The highest BCUT2D eigenvalue weighted by molar-refractivity contribution is 6.58. The summed E-state index contributed by atoms with van der Waals surface area (Å²) in [7, 11) is -1.92. The molecule has 0 aliphatic rings. The molecule has 0 bridgehead atoms. The number of amides is 1. The molecule has 23 heavy (non-hydrogen) atoms. The van der Waals surface area contributed by atoms with Crippen LogP contribution in [0.2, 0.25) is 10.0 Å². The van der Waals surface area contributed by atoms with Crippen molar-refractivity contribution in [1.82, 2.24) is 0 Å². The highest BCUT2D eigenvalue weighted by Gasteiger charge is 2.20. The lowest BCUT2D eigenvalue weighted by molar-refractivity contribution is -0.384. The van der Waals surface area contributed by atoms with Crippen molar-refractivity contribution < 1.29 is 19.8 Å². The van der Waals surface area contributed by atoms with Gasteiger partial charge in [-0.2, -0.15) is 0 Å². The van der Waals surface area contributed by atoms with Crippen molar-refractivity contribution >= 4 is 53.1 Å². The van der Waals surface area contributed by atoms with Crippen molar-refractivity contribution in [2.24, 2.45) is 0 Å². The van der Waals surface area contributed by atoms with E-state index in [9.17, 15) is 25.0 Å². The number of benzene rings is 2. The number of halogens is 2. The fourth-order valence-electron chi connectivity index (χ4n) is 1.87. The van der Waals surface area contributed by atoms with Crippen molar-refractivity contribution in [2.75, 3.05) is 5.32 Å². The Morgan fingerprint density at radius 1 is 1.17 bits per heavy atom.